The molecule has 0 saturated carbocycles. The molecule has 25 heavy (non-hydrogen) atoms. The lowest BCUT2D eigenvalue weighted by Crippen LogP contribution is -2.30. The minimum Gasteiger partial charge on any atom is -0.493 e. The van der Waals surface area contributed by atoms with Gasteiger partial charge in [-0.3, -0.25) is 9.69 Å². The van der Waals surface area contributed by atoms with Crippen molar-refractivity contribution < 1.29 is 14.3 Å². The quantitative estimate of drug-likeness (QED) is 0.431. The minimum atomic E-state index is -0.402. The average molecular weight is 448 g/mol. The van der Waals surface area contributed by atoms with Gasteiger partial charge in [-0.25, -0.2) is 4.79 Å². The van der Waals surface area contributed by atoms with Crippen molar-refractivity contribution in [1.82, 2.24) is 10.2 Å². The molecule has 6 heteroatoms. The van der Waals surface area contributed by atoms with E-state index in [2.05, 4.69) is 27.9 Å². The number of benzene rings is 2. The first-order valence-electron chi connectivity index (χ1n) is 7.89. The lowest BCUT2D eigenvalue weighted by Gasteiger charge is -2.11. The molecule has 0 spiro atoms. The number of carbonyl (C=O) groups excluding carboxylic acids is 2. The number of amides is 3. The molecule has 3 rings (SSSR count). The molecule has 0 aliphatic carbocycles. The number of halogens is 1. The van der Waals surface area contributed by atoms with Crippen molar-refractivity contribution in [3.63, 3.8) is 0 Å². The van der Waals surface area contributed by atoms with Crippen molar-refractivity contribution in [2.75, 3.05) is 6.61 Å². The van der Waals surface area contributed by atoms with E-state index in [4.69, 9.17) is 4.74 Å². The van der Waals surface area contributed by atoms with Gasteiger partial charge in [-0.1, -0.05) is 36.4 Å². The van der Waals surface area contributed by atoms with Crippen molar-refractivity contribution >= 4 is 40.6 Å². The Hall–Kier alpha value is -2.35. The summed E-state index contributed by atoms with van der Waals surface area (Å²) in [7, 11) is 0. The van der Waals surface area contributed by atoms with Gasteiger partial charge in [0.15, 0.2) is 0 Å². The van der Waals surface area contributed by atoms with Crippen LogP contribution in [0.15, 0.2) is 54.2 Å². The van der Waals surface area contributed by atoms with Gasteiger partial charge in [0, 0.05) is 0 Å². The first kappa shape index (κ1) is 17.5. The highest BCUT2D eigenvalue weighted by molar-refractivity contribution is 14.1. The summed E-state index contributed by atoms with van der Waals surface area (Å²) in [5, 5.41) is 2.65. The Bertz CT molecular complexity index is 834. The van der Waals surface area contributed by atoms with E-state index in [1.807, 2.05) is 55.5 Å². The number of hydrogen-bond acceptors (Lipinski definition) is 3. The lowest BCUT2D eigenvalue weighted by atomic mass is 10.1. The van der Waals surface area contributed by atoms with E-state index in [0.29, 0.717) is 6.61 Å². The lowest BCUT2D eigenvalue weighted by molar-refractivity contribution is -0.123. The summed E-state index contributed by atoms with van der Waals surface area (Å²) in [6.07, 6.45) is 1.68. The Balaban J connectivity index is 1.79. The fourth-order valence-corrected chi connectivity index (χ4v) is 3.22. The Kier molecular flexibility index (Phi) is 5.37. The van der Waals surface area contributed by atoms with Crippen LogP contribution in [0.1, 0.15) is 18.1 Å². The van der Waals surface area contributed by atoms with Crippen LogP contribution in [-0.4, -0.2) is 23.4 Å². The van der Waals surface area contributed by atoms with Gasteiger partial charge in [-0.05, 0) is 58.9 Å². The number of urea groups is 1. The van der Waals surface area contributed by atoms with Crippen LogP contribution in [0.3, 0.4) is 0 Å². The molecule has 1 saturated heterocycles. The van der Waals surface area contributed by atoms with Gasteiger partial charge in [-0.15, -0.1) is 0 Å². The molecule has 1 heterocycles. The molecule has 2 aromatic rings. The zero-order valence-corrected chi connectivity index (χ0v) is 15.8. The van der Waals surface area contributed by atoms with Crippen LogP contribution < -0.4 is 10.1 Å². The molecule has 1 N–H and O–H groups in total. The Morgan fingerprint density at radius 1 is 1.16 bits per heavy atom. The maximum Gasteiger partial charge on any atom is 0.329 e. The molecule has 1 fully saturated rings. The number of nitrogens with one attached hydrogen (secondary N) is 1. The first-order valence-corrected chi connectivity index (χ1v) is 8.97. The van der Waals surface area contributed by atoms with Gasteiger partial charge >= 0.3 is 6.03 Å². The number of carbonyl (C=O) groups is 2. The highest BCUT2D eigenvalue weighted by Crippen LogP contribution is 2.24. The standard InChI is InChI=1S/C19H17IN2O3/c1-2-25-17-9-8-14(10-15(17)20)11-16-18(23)22(19(24)21-16)12-13-6-4-3-5-7-13/h3-11H,2,12H2,1H3,(H,21,24)/b16-11+. The normalized spacial score (nSPS) is 15.6. The van der Waals surface area contributed by atoms with Crippen molar-refractivity contribution in [2.24, 2.45) is 0 Å². The molecule has 0 atom stereocenters. The van der Waals surface area contributed by atoms with Gasteiger partial charge < -0.3 is 10.1 Å². The van der Waals surface area contributed by atoms with Crippen LogP contribution >= 0.6 is 22.6 Å². The van der Waals surface area contributed by atoms with Crippen molar-refractivity contribution in [1.29, 1.82) is 0 Å². The molecule has 0 radical (unpaired) electrons. The van der Waals surface area contributed by atoms with Gasteiger partial charge in [0.1, 0.15) is 11.4 Å². The van der Waals surface area contributed by atoms with Gasteiger partial charge in [0.25, 0.3) is 5.91 Å². The third-order valence-electron chi connectivity index (χ3n) is 3.71. The summed E-state index contributed by atoms with van der Waals surface area (Å²) in [5.41, 5.74) is 2.02. The number of imide groups is 1. The largest absolute Gasteiger partial charge is 0.493 e. The topological polar surface area (TPSA) is 58.6 Å². The van der Waals surface area contributed by atoms with E-state index in [-0.39, 0.29) is 18.1 Å². The van der Waals surface area contributed by atoms with Crippen LogP contribution in [0.4, 0.5) is 4.79 Å². The highest BCUT2D eigenvalue weighted by Gasteiger charge is 2.33. The molecule has 3 amide bonds. The Morgan fingerprint density at radius 3 is 2.60 bits per heavy atom. The number of hydrogen-bond donors (Lipinski definition) is 1. The third kappa shape index (κ3) is 4.01. The molecule has 1 aliphatic heterocycles. The van der Waals surface area contributed by atoms with Crippen molar-refractivity contribution in [2.45, 2.75) is 13.5 Å². The van der Waals surface area contributed by atoms with Crippen LogP contribution in [-0.2, 0) is 11.3 Å². The smallest absolute Gasteiger partial charge is 0.329 e. The fourth-order valence-electron chi connectivity index (χ4n) is 2.53. The molecular formula is C19H17IN2O3. The van der Waals surface area contributed by atoms with Crippen LogP contribution in [0.5, 0.6) is 5.75 Å². The SMILES string of the molecule is CCOc1ccc(/C=C2/NC(=O)N(Cc3ccccc3)C2=O)cc1I. The van der Waals surface area contributed by atoms with Gasteiger partial charge in [0.2, 0.25) is 0 Å². The van der Waals surface area contributed by atoms with E-state index in [9.17, 15) is 9.59 Å². The van der Waals surface area contributed by atoms with E-state index in [1.165, 1.54) is 4.90 Å². The van der Waals surface area contributed by atoms with E-state index >= 15 is 0 Å². The summed E-state index contributed by atoms with van der Waals surface area (Å²) >= 11 is 2.19. The minimum absolute atomic E-state index is 0.254. The molecule has 128 valence electrons. The second-order valence-corrected chi connectivity index (χ2v) is 6.65. The maximum absolute atomic E-state index is 12.5. The number of ether oxygens (including phenoxy) is 1. The zero-order valence-electron chi connectivity index (χ0n) is 13.7. The zero-order chi connectivity index (χ0) is 17.8. The maximum atomic E-state index is 12.5. The summed E-state index contributed by atoms with van der Waals surface area (Å²) < 4.78 is 6.46. The fraction of sp³-hybridized carbons (Fsp3) is 0.158. The summed E-state index contributed by atoms with van der Waals surface area (Å²) in [4.78, 5) is 25.9. The molecule has 1 aliphatic rings. The van der Waals surface area contributed by atoms with E-state index < -0.39 is 6.03 Å². The molecule has 2 aromatic carbocycles. The monoisotopic (exact) mass is 448 g/mol. The Morgan fingerprint density at radius 2 is 1.92 bits per heavy atom. The second kappa shape index (κ2) is 7.69. The van der Waals surface area contributed by atoms with Crippen LogP contribution in [0.2, 0.25) is 0 Å². The summed E-state index contributed by atoms with van der Waals surface area (Å²) in [5.74, 6) is 0.482. The first-order chi connectivity index (χ1) is 12.1. The Labute approximate surface area is 159 Å². The predicted octanol–water partition coefficient (Wildman–Crippen LogP) is 3.78. The van der Waals surface area contributed by atoms with Crippen molar-refractivity contribution in [3.05, 3.63) is 68.9 Å². The number of nitrogens with zero attached hydrogens (tertiary/aromatic N) is 1. The molecule has 0 bridgehead atoms. The van der Waals surface area contributed by atoms with Crippen LogP contribution in [0, 0.1) is 3.57 Å². The van der Waals surface area contributed by atoms with Gasteiger partial charge in [-0.2, -0.15) is 0 Å². The molecule has 0 unspecified atom stereocenters. The molecule has 0 aromatic heterocycles. The van der Waals surface area contributed by atoms with E-state index in [0.717, 1.165) is 20.4 Å². The second-order valence-electron chi connectivity index (χ2n) is 5.49. The number of rotatable bonds is 5. The van der Waals surface area contributed by atoms with Crippen molar-refractivity contribution in [3.8, 4) is 5.75 Å². The highest BCUT2D eigenvalue weighted by atomic mass is 127. The van der Waals surface area contributed by atoms with E-state index in [1.54, 1.807) is 6.08 Å². The summed E-state index contributed by atoms with van der Waals surface area (Å²) in [6.45, 7) is 2.78. The average Bonchev–Trinajstić information content (AvgIpc) is 2.86. The summed E-state index contributed by atoms with van der Waals surface area (Å²) in [6, 6.07) is 14.7. The van der Waals surface area contributed by atoms with Gasteiger partial charge in [0.05, 0.1) is 16.7 Å². The predicted molar refractivity (Wildman–Crippen MR) is 104 cm³/mol. The molecule has 5 nitrogen and oxygen atoms in total. The molecular weight excluding hydrogens is 431 g/mol. The third-order valence-corrected chi connectivity index (χ3v) is 4.56. The van der Waals surface area contributed by atoms with Crippen LogP contribution in [0.25, 0.3) is 6.08 Å².